The number of rotatable bonds is 4. The number of aliphatic imine (C=N–C) groups is 1. The highest BCUT2D eigenvalue weighted by molar-refractivity contribution is 6.30. The predicted molar refractivity (Wildman–Crippen MR) is 105 cm³/mol. The summed E-state index contributed by atoms with van der Waals surface area (Å²) in [6.07, 6.45) is 1.80. The Morgan fingerprint density at radius 1 is 1.12 bits per heavy atom. The number of halogens is 1. The van der Waals surface area contributed by atoms with E-state index in [2.05, 4.69) is 4.99 Å². The van der Waals surface area contributed by atoms with Crippen molar-refractivity contribution in [1.82, 2.24) is 4.57 Å². The van der Waals surface area contributed by atoms with Crippen LogP contribution in [0, 0.1) is 30.9 Å². The highest BCUT2D eigenvalue weighted by Gasteiger charge is 2.12. The van der Waals surface area contributed by atoms with E-state index in [0.717, 1.165) is 33.9 Å². The van der Waals surface area contributed by atoms with Gasteiger partial charge in [0.1, 0.15) is 0 Å². The van der Waals surface area contributed by atoms with Crippen molar-refractivity contribution in [1.29, 1.82) is 0 Å². The highest BCUT2D eigenvalue weighted by Crippen LogP contribution is 2.25. The summed E-state index contributed by atoms with van der Waals surface area (Å²) in [4.78, 5) is 15.2. The molecule has 0 unspecified atom stereocenters. The molecule has 0 aliphatic heterocycles. The Bertz CT molecular complexity index is 1020. The van der Waals surface area contributed by atoms with Gasteiger partial charge in [0.15, 0.2) is 0 Å². The number of hydrogen-bond donors (Lipinski definition) is 0. The molecule has 5 nitrogen and oxygen atoms in total. The van der Waals surface area contributed by atoms with Crippen LogP contribution in [0.3, 0.4) is 0 Å². The second-order valence-corrected chi connectivity index (χ2v) is 6.56. The Morgan fingerprint density at radius 3 is 2.62 bits per heavy atom. The average molecular weight is 368 g/mol. The van der Waals surface area contributed by atoms with E-state index in [-0.39, 0.29) is 10.6 Å². The normalized spacial score (nSPS) is 11.2. The van der Waals surface area contributed by atoms with E-state index in [0.29, 0.717) is 5.02 Å². The molecule has 0 saturated carbocycles. The summed E-state index contributed by atoms with van der Waals surface area (Å²) in [6.45, 7) is 5.92. The van der Waals surface area contributed by atoms with E-state index >= 15 is 0 Å². The van der Waals surface area contributed by atoms with Gasteiger partial charge in [-0.05, 0) is 50.6 Å². The first-order valence-electron chi connectivity index (χ1n) is 8.11. The lowest BCUT2D eigenvalue weighted by Crippen LogP contribution is -2.00. The largest absolute Gasteiger partial charge is 0.318 e. The molecule has 0 atom stereocenters. The molecular formula is C20H18ClN3O2. The number of aryl methyl sites for hydroxylation is 2. The van der Waals surface area contributed by atoms with E-state index < -0.39 is 0 Å². The van der Waals surface area contributed by atoms with Crippen LogP contribution in [-0.2, 0) is 0 Å². The minimum atomic E-state index is -0.387. The van der Waals surface area contributed by atoms with Crippen LogP contribution < -0.4 is 0 Å². The number of aromatic nitrogens is 1. The third-order valence-electron chi connectivity index (χ3n) is 4.28. The van der Waals surface area contributed by atoms with Gasteiger partial charge in [-0.3, -0.25) is 15.1 Å². The predicted octanol–water partition coefficient (Wildman–Crippen LogP) is 5.71. The molecule has 1 aromatic heterocycles. The molecule has 0 bridgehead atoms. The molecule has 2 aromatic carbocycles. The van der Waals surface area contributed by atoms with Gasteiger partial charge in [0.25, 0.3) is 5.69 Å². The van der Waals surface area contributed by atoms with Gasteiger partial charge in [0.05, 0.1) is 16.3 Å². The maximum absolute atomic E-state index is 11.0. The maximum atomic E-state index is 11.0. The molecule has 132 valence electrons. The molecule has 3 aromatic rings. The zero-order valence-electron chi connectivity index (χ0n) is 14.7. The molecule has 0 N–H and O–H groups in total. The average Bonchev–Trinajstić information content (AvgIpc) is 2.89. The van der Waals surface area contributed by atoms with Crippen molar-refractivity contribution in [3.05, 3.63) is 86.2 Å². The van der Waals surface area contributed by atoms with E-state index in [9.17, 15) is 10.1 Å². The Balaban J connectivity index is 2.01. The summed E-state index contributed by atoms with van der Waals surface area (Å²) < 4.78 is 1.99. The quantitative estimate of drug-likeness (QED) is 0.336. The van der Waals surface area contributed by atoms with Crippen molar-refractivity contribution in [2.24, 2.45) is 4.99 Å². The van der Waals surface area contributed by atoms with Crippen molar-refractivity contribution in [3.63, 3.8) is 0 Å². The Kier molecular flexibility index (Phi) is 4.91. The van der Waals surface area contributed by atoms with Crippen molar-refractivity contribution in [2.75, 3.05) is 0 Å². The van der Waals surface area contributed by atoms with Crippen LogP contribution in [0.25, 0.3) is 5.69 Å². The van der Waals surface area contributed by atoms with Crippen LogP contribution in [-0.4, -0.2) is 15.7 Å². The molecule has 0 aliphatic rings. The summed E-state index contributed by atoms with van der Waals surface area (Å²) in [5.74, 6) is 0. The SMILES string of the molecule is Cc1ccc(Cl)cc1N=Cc1cc(C)n(-c2cccc([N+](=O)[O-])c2)c1C. The van der Waals surface area contributed by atoms with E-state index in [1.54, 1.807) is 18.3 Å². The minimum absolute atomic E-state index is 0.0692. The maximum Gasteiger partial charge on any atom is 0.271 e. The van der Waals surface area contributed by atoms with Crippen LogP contribution in [0.1, 0.15) is 22.5 Å². The molecule has 1 heterocycles. The fourth-order valence-electron chi connectivity index (χ4n) is 2.92. The molecule has 0 amide bonds. The van der Waals surface area contributed by atoms with Gasteiger partial charge in [-0.25, -0.2) is 0 Å². The molecular weight excluding hydrogens is 350 g/mol. The Labute approximate surface area is 156 Å². The number of benzene rings is 2. The van der Waals surface area contributed by atoms with Gasteiger partial charge in [-0.15, -0.1) is 0 Å². The van der Waals surface area contributed by atoms with Crippen molar-refractivity contribution in [2.45, 2.75) is 20.8 Å². The number of hydrogen-bond acceptors (Lipinski definition) is 3. The van der Waals surface area contributed by atoms with Gasteiger partial charge in [-0.2, -0.15) is 0 Å². The highest BCUT2D eigenvalue weighted by atomic mass is 35.5. The summed E-state index contributed by atoms with van der Waals surface area (Å²) in [6, 6.07) is 14.2. The second kappa shape index (κ2) is 7.14. The monoisotopic (exact) mass is 367 g/mol. The van der Waals surface area contributed by atoms with Crippen LogP contribution in [0.2, 0.25) is 5.02 Å². The van der Waals surface area contributed by atoms with Crippen LogP contribution >= 0.6 is 11.6 Å². The number of nitro groups is 1. The molecule has 0 spiro atoms. The number of non-ortho nitro benzene ring substituents is 1. The zero-order chi connectivity index (χ0) is 18.8. The molecule has 0 fully saturated rings. The van der Waals surface area contributed by atoms with Crippen molar-refractivity contribution in [3.8, 4) is 5.69 Å². The third-order valence-corrected chi connectivity index (χ3v) is 4.52. The smallest absolute Gasteiger partial charge is 0.271 e. The first-order valence-corrected chi connectivity index (χ1v) is 8.48. The summed E-state index contributed by atoms with van der Waals surface area (Å²) >= 11 is 6.05. The molecule has 3 rings (SSSR count). The molecule has 26 heavy (non-hydrogen) atoms. The van der Waals surface area contributed by atoms with E-state index in [4.69, 9.17) is 11.6 Å². The molecule has 0 aliphatic carbocycles. The summed E-state index contributed by atoms with van der Waals surface area (Å²) in [7, 11) is 0. The van der Waals surface area contributed by atoms with Crippen LogP contribution in [0.5, 0.6) is 0 Å². The standard InChI is InChI=1S/C20H18ClN3O2/c1-13-7-8-17(21)10-20(13)22-12-16-9-14(2)23(15(16)3)18-5-4-6-19(11-18)24(25)26/h4-12H,1-3H3. The van der Waals surface area contributed by atoms with Gasteiger partial charge in [-0.1, -0.05) is 23.7 Å². The fourth-order valence-corrected chi connectivity index (χ4v) is 3.09. The molecule has 6 heteroatoms. The first-order chi connectivity index (χ1) is 12.4. The lowest BCUT2D eigenvalue weighted by molar-refractivity contribution is -0.384. The minimum Gasteiger partial charge on any atom is -0.318 e. The number of nitrogens with zero attached hydrogens (tertiary/aromatic N) is 3. The van der Waals surface area contributed by atoms with Crippen LogP contribution in [0.15, 0.2) is 53.5 Å². The third kappa shape index (κ3) is 3.53. The van der Waals surface area contributed by atoms with Crippen molar-refractivity contribution >= 4 is 29.2 Å². The Morgan fingerprint density at radius 2 is 1.88 bits per heavy atom. The topological polar surface area (TPSA) is 60.4 Å². The molecule has 0 radical (unpaired) electrons. The Hall–Kier alpha value is -2.92. The van der Waals surface area contributed by atoms with Gasteiger partial charge < -0.3 is 4.57 Å². The summed E-state index contributed by atoms with van der Waals surface area (Å²) in [5, 5.41) is 11.7. The van der Waals surface area contributed by atoms with Gasteiger partial charge in [0, 0.05) is 40.3 Å². The van der Waals surface area contributed by atoms with E-state index in [1.807, 2.05) is 55.7 Å². The fraction of sp³-hybridized carbons (Fsp3) is 0.150. The second-order valence-electron chi connectivity index (χ2n) is 6.13. The lowest BCUT2D eigenvalue weighted by Gasteiger charge is -2.09. The first kappa shape index (κ1) is 17.9. The zero-order valence-corrected chi connectivity index (χ0v) is 15.5. The van der Waals surface area contributed by atoms with Crippen LogP contribution in [0.4, 0.5) is 11.4 Å². The molecule has 0 saturated heterocycles. The summed E-state index contributed by atoms with van der Waals surface area (Å²) in [5.41, 5.74) is 5.58. The van der Waals surface area contributed by atoms with Crippen molar-refractivity contribution < 1.29 is 4.92 Å². The number of nitro benzene ring substituents is 1. The van der Waals surface area contributed by atoms with Gasteiger partial charge >= 0.3 is 0 Å². The lowest BCUT2D eigenvalue weighted by atomic mass is 10.2. The van der Waals surface area contributed by atoms with Gasteiger partial charge in [0.2, 0.25) is 0 Å². The van der Waals surface area contributed by atoms with E-state index in [1.165, 1.54) is 6.07 Å².